The van der Waals surface area contributed by atoms with Crippen molar-refractivity contribution < 1.29 is 9.84 Å². The first-order valence-corrected chi connectivity index (χ1v) is 6.80. The van der Waals surface area contributed by atoms with Gasteiger partial charge in [-0.25, -0.2) is 0 Å². The first-order valence-electron chi connectivity index (χ1n) is 6.80. The van der Waals surface area contributed by atoms with Crippen LogP contribution in [0.3, 0.4) is 0 Å². The lowest BCUT2D eigenvalue weighted by Gasteiger charge is -2.30. The second-order valence-corrected chi connectivity index (χ2v) is 5.11. The summed E-state index contributed by atoms with van der Waals surface area (Å²) in [5.41, 5.74) is 5.10. The van der Waals surface area contributed by atoms with Crippen LogP contribution in [0.1, 0.15) is 32.6 Å². The molecule has 1 rings (SSSR count). The zero-order chi connectivity index (χ0) is 12.7. The standard InChI is InChI=1S/C13H28N2O2/c1-3-15(9-10-17-2)8-6-12-5-4-7-13(12,16)11-14/h12,16H,3-11,14H2,1-2H3. The van der Waals surface area contributed by atoms with Gasteiger partial charge in [-0.05, 0) is 38.3 Å². The predicted molar refractivity (Wildman–Crippen MR) is 70.0 cm³/mol. The lowest BCUT2D eigenvalue weighted by Crippen LogP contribution is -2.42. The molecule has 0 amide bonds. The topological polar surface area (TPSA) is 58.7 Å². The molecule has 0 radical (unpaired) electrons. The number of hydrogen-bond acceptors (Lipinski definition) is 4. The van der Waals surface area contributed by atoms with Gasteiger partial charge in [0, 0.05) is 20.2 Å². The minimum atomic E-state index is -0.597. The Kier molecular flexibility index (Phi) is 6.41. The van der Waals surface area contributed by atoms with Crippen molar-refractivity contribution in [1.82, 2.24) is 4.90 Å². The maximum absolute atomic E-state index is 10.4. The molecule has 0 saturated heterocycles. The lowest BCUT2D eigenvalue weighted by atomic mass is 9.88. The molecule has 102 valence electrons. The van der Waals surface area contributed by atoms with Gasteiger partial charge in [0.05, 0.1) is 12.2 Å². The van der Waals surface area contributed by atoms with Crippen LogP contribution < -0.4 is 5.73 Å². The predicted octanol–water partition coefficient (Wildman–Crippen LogP) is 0.835. The smallest absolute Gasteiger partial charge is 0.0797 e. The van der Waals surface area contributed by atoms with Crippen molar-refractivity contribution in [2.24, 2.45) is 11.7 Å². The van der Waals surface area contributed by atoms with Gasteiger partial charge >= 0.3 is 0 Å². The number of aliphatic hydroxyl groups is 1. The Bertz CT molecular complexity index is 214. The van der Waals surface area contributed by atoms with Crippen LogP contribution in [-0.2, 0) is 4.74 Å². The molecule has 1 fully saturated rings. The van der Waals surface area contributed by atoms with Gasteiger partial charge < -0.3 is 20.5 Å². The van der Waals surface area contributed by atoms with Crippen molar-refractivity contribution in [2.45, 2.75) is 38.2 Å². The third-order valence-electron chi connectivity index (χ3n) is 4.13. The molecule has 0 aromatic carbocycles. The van der Waals surface area contributed by atoms with E-state index in [0.717, 1.165) is 51.9 Å². The SMILES string of the molecule is CCN(CCOC)CCC1CCCC1(O)CN. The highest BCUT2D eigenvalue weighted by Crippen LogP contribution is 2.37. The Labute approximate surface area is 105 Å². The average molecular weight is 244 g/mol. The van der Waals surface area contributed by atoms with E-state index in [9.17, 15) is 5.11 Å². The van der Waals surface area contributed by atoms with Gasteiger partial charge in [-0.3, -0.25) is 0 Å². The Morgan fingerprint density at radius 3 is 2.82 bits per heavy atom. The maximum Gasteiger partial charge on any atom is 0.0797 e. The van der Waals surface area contributed by atoms with Crippen LogP contribution in [0.25, 0.3) is 0 Å². The molecule has 1 aliphatic rings. The van der Waals surface area contributed by atoms with Crippen LogP contribution in [0.15, 0.2) is 0 Å². The maximum atomic E-state index is 10.4. The van der Waals surface area contributed by atoms with Gasteiger partial charge in [-0.2, -0.15) is 0 Å². The Morgan fingerprint density at radius 1 is 1.47 bits per heavy atom. The number of likely N-dealkylation sites (N-methyl/N-ethyl adjacent to an activating group) is 1. The van der Waals surface area contributed by atoms with Gasteiger partial charge in [0.15, 0.2) is 0 Å². The molecule has 17 heavy (non-hydrogen) atoms. The van der Waals surface area contributed by atoms with Crippen LogP contribution in [0.2, 0.25) is 0 Å². The molecule has 0 heterocycles. The monoisotopic (exact) mass is 244 g/mol. The highest BCUT2D eigenvalue weighted by molar-refractivity contribution is 4.93. The molecular formula is C13H28N2O2. The zero-order valence-electron chi connectivity index (χ0n) is 11.3. The van der Waals surface area contributed by atoms with E-state index >= 15 is 0 Å². The van der Waals surface area contributed by atoms with Gasteiger partial charge in [-0.1, -0.05) is 13.3 Å². The summed E-state index contributed by atoms with van der Waals surface area (Å²) in [7, 11) is 1.73. The number of rotatable bonds is 8. The van der Waals surface area contributed by atoms with E-state index in [1.54, 1.807) is 7.11 Å². The van der Waals surface area contributed by atoms with E-state index in [1.807, 2.05) is 0 Å². The van der Waals surface area contributed by atoms with E-state index in [2.05, 4.69) is 11.8 Å². The number of ether oxygens (including phenoxy) is 1. The molecule has 2 atom stereocenters. The van der Waals surface area contributed by atoms with Crippen molar-refractivity contribution in [3.8, 4) is 0 Å². The van der Waals surface area contributed by atoms with Crippen LogP contribution in [0.5, 0.6) is 0 Å². The first-order chi connectivity index (χ1) is 8.16. The fraction of sp³-hybridized carbons (Fsp3) is 1.00. The number of hydrogen-bond donors (Lipinski definition) is 2. The fourth-order valence-corrected chi connectivity index (χ4v) is 2.80. The molecular weight excluding hydrogens is 216 g/mol. The van der Waals surface area contributed by atoms with Crippen LogP contribution >= 0.6 is 0 Å². The fourth-order valence-electron chi connectivity index (χ4n) is 2.80. The van der Waals surface area contributed by atoms with E-state index in [1.165, 1.54) is 0 Å². The molecule has 1 saturated carbocycles. The Balaban J connectivity index is 2.33. The third kappa shape index (κ3) is 4.21. The summed E-state index contributed by atoms with van der Waals surface area (Å²) in [6.45, 7) is 6.39. The van der Waals surface area contributed by atoms with E-state index < -0.39 is 5.60 Å². The number of nitrogens with two attached hydrogens (primary N) is 1. The van der Waals surface area contributed by atoms with Crippen molar-refractivity contribution in [3.05, 3.63) is 0 Å². The van der Waals surface area contributed by atoms with E-state index in [4.69, 9.17) is 10.5 Å². The normalized spacial score (nSPS) is 29.1. The van der Waals surface area contributed by atoms with Crippen LogP contribution in [0, 0.1) is 5.92 Å². The summed E-state index contributed by atoms with van der Waals surface area (Å²) in [6.07, 6.45) is 4.15. The van der Waals surface area contributed by atoms with E-state index in [0.29, 0.717) is 12.5 Å². The second kappa shape index (κ2) is 7.31. The quantitative estimate of drug-likeness (QED) is 0.664. The highest BCUT2D eigenvalue weighted by atomic mass is 16.5. The minimum Gasteiger partial charge on any atom is -0.388 e. The summed E-state index contributed by atoms with van der Waals surface area (Å²) in [5, 5.41) is 10.4. The largest absolute Gasteiger partial charge is 0.388 e. The first kappa shape index (κ1) is 14.9. The Hall–Kier alpha value is -0.160. The average Bonchev–Trinajstić information content (AvgIpc) is 2.72. The van der Waals surface area contributed by atoms with Gasteiger partial charge in [0.25, 0.3) is 0 Å². The second-order valence-electron chi connectivity index (χ2n) is 5.11. The van der Waals surface area contributed by atoms with Gasteiger partial charge in [-0.15, -0.1) is 0 Å². The number of methoxy groups -OCH3 is 1. The molecule has 0 bridgehead atoms. The molecule has 0 spiro atoms. The summed E-state index contributed by atoms with van der Waals surface area (Å²) in [4.78, 5) is 2.37. The van der Waals surface area contributed by atoms with Crippen molar-refractivity contribution >= 4 is 0 Å². The summed E-state index contributed by atoms with van der Waals surface area (Å²) >= 11 is 0. The summed E-state index contributed by atoms with van der Waals surface area (Å²) < 4.78 is 5.10. The molecule has 4 nitrogen and oxygen atoms in total. The summed E-state index contributed by atoms with van der Waals surface area (Å²) in [6, 6.07) is 0. The van der Waals surface area contributed by atoms with Crippen molar-refractivity contribution in [1.29, 1.82) is 0 Å². The van der Waals surface area contributed by atoms with Gasteiger partial charge in [0.1, 0.15) is 0 Å². The zero-order valence-corrected chi connectivity index (χ0v) is 11.3. The third-order valence-corrected chi connectivity index (χ3v) is 4.13. The number of nitrogens with zero attached hydrogens (tertiary/aromatic N) is 1. The molecule has 0 aliphatic heterocycles. The van der Waals surface area contributed by atoms with Gasteiger partial charge in [0.2, 0.25) is 0 Å². The molecule has 0 aromatic heterocycles. The molecule has 3 N–H and O–H groups in total. The summed E-state index contributed by atoms with van der Waals surface area (Å²) in [5.74, 6) is 0.379. The highest BCUT2D eigenvalue weighted by Gasteiger charge is 2.39. The molecule has 4 heteroatoms. The van der Waals surface area contributed by atoms with Crippen LogP contribution in [-0.4, -0.2) is 55.5 Å². The van der Waals surface area contributed by atoms with E-state index in [-0.39, 0.29) is 0 Å². The molecule has 2 unspecified atom stereocenters. The Morgan fingerprint density at radius 2 is 2.24 bits per heavy atom. The van der Waals surface area contributed by atoms with Crippen molar-refractivity contribution in [2.75, 3.05) is 39.9 Å². The molecule has 0 aromatic rings. The van der Waals surface area contributed by atoms with Crippen molar-refractivity contribution in [3.63, 3.8) is 0 Å². The lowest BCUT2D eigenvalue weighted by molar-refractivity contribution is 0.00403. The van der Waals surface area contributed by atoms with Crippen LogP contribution in [0.4, 0.5) is 0 Å². The molecule has 1 aliphatic carbocycles. The minimum absolute atomic E-state index is 0.379.